The maximum Gasteiger partial charge on any atom is 0.182 e. The van der Waals surface area contributed by atoms with Crippen LogP contribution in [0.3, 0.4) is 0 Å². The summed E-state index contributed by atoms with van der Waals surface area (Å²) in [5.41, 5.74) is 1.04. The van der Waals surface area contributed by atoms with Crippen LogP contribution in [0.25, 0.3) is 0 Å². The van der Waals surface area contributed by atoms with E-state index in [1.807, 2.05) is 12.3 Å². The van der Waals surface area contributed by atoms with Crippen LogP contribution in [0.1, 0.15) is 5.69 Å². The Morgan fingerprint density at radius 2 is 2.36 bits per heavy atom. The van der Waals surface area contributed by atoms with Crippen LogP contribution in [0.2, 0.25) is 0 Å². The van der Waals surface area contributed by atoms with E-state index >= 15 is 0 Å². The second-order valence-electron chi connectivity index (χ2n) is 2.99. The van der Waals surface area contributed by atoms with Crippen molar-refractivity contribution >= 4 is 16.5 Å². The molecule has 5 heteroatoms. The first-order valence-electron chi connectivity index (χ1n) is 4.44. The lowest BCUT2D eigenvalue weighted by atomic mass is 10.4. The molecule has 0 saturated carbocycles. The molecule has 0 amide bonds. The number of anilines is 1. The molecule has 1 atom stereocenters. The zero-order valence-electron chi connectivity index (χ0n) is 8.74. The molecule has 0 aliphatic rings. The molecular formula is C9H16N2O2S. The van der Waals surface area contributed by atoms with Crippen molar-refractivity contribution in [1.29, 1.82) is 0 Å². The maximum atomic E-state index is 5.21. The average molecular weight is 216 g/mol. The van der Waals surface area contributed by atoms with Gasteiger partial charge in [-0.05, 0) is 6.92 Å². The molecule has 14 heavy (non-hydrogen) atoms. The van der Waals surface area contributed by atoms with Gasteiger partial charge in [0, 0.05) is 26.1 Å². The minimum Gasteiger partial charge on any atom is -0.382 e. The van der Waals surface area contributed by atoms with Crippen LogP contribution in [0.15, 0.2) is 5.38 Å². The third-order valence-electron chi connectivity index (χ3n) is 1.79. The van der Waals surface area contributed by atoms with E-state index in [9.17, 15) is 0 Å². The van der Waals surface area contributed by atoms with Gasteiger partial charge in [0.15, 0.2) is 5.13 Å². The van der Waals surface area contributed by atoms with E-state index in [1.54, 1.807) is 25.6 Å². The summed E-state index contributed by atoms with van der Waals surface area (Å²) >= 11 is 1.60. The summed E-state index contributed by atoms with van der Waals surface area (Å²) in [5, 5.41) is 6.15. The Hall–Kier alpha value is -0.650. The van der Waals surface area contributed by atoms with Crippen molar-refractivity contribution in [2.75, 3.05) is 32.7 Å². The van der Waals surface area contributed by atoms with Gasteiger partial charge in [-0.2, -0.15) is 0 Å². The molecule has 0 aliphatic heterocycles. The molecule has 4 nitrogen and oxygen atoms in total. The number of hydrogen-bond acceptors (Lipinski definition) is 5. The highest BCUT2D eigenvalue weighted by Gasteiger charge is 2.07. The van der Waals surface area contributed by atoms with Gasteiger partial charge in [0.1, 0.15) is 0 Å². The second-order valence-corrected chi connectivity index (χ2v) is 3.85. The number of aromatic nitrogens is 1. The highest BCUT2D eigenvalue weighted by Crippen LogP contribution is 2.14. The molecule has 0 saturated heterocycles. The number of aryl methyl sites for hydroxylation is 1. The van der Waals surface area contributed by atoms with Crippen molar-refractivity contribution in [3.8, 4) is 0 Å². The van der Waals surface area contributed by atoms with Crippen LogP contribution < -0.4 is 5.32 Å². The van der Waals surface area contributed by atoms with Crippen LogP contribution in [0, 0.1) is 6.92 Å². The average Bonchev–Trinajstić information content (AvgIpc) is 2.59. The van der Waals surface area contributed by atoms with E-state index in [2.05, 4.69) is 10.3 Å². The number of thiazole rings is 1. The standard InChI is InChI=1S/C9H16N2O2S/c1-7-6-14-9(11-7)10-4-8(13-3)5-12-2/h6,8H,4-5H2,1-3H3,(H,10,11). The van der Waals surface area contributed by atoms with E-state index in [-0.39, 0.29) is 6.10 Å². The fourth-order valence-corrected chi connectivity index (χ4v) is 1.73. The van der Waals surface area contributed by atoms with Crippen LogP contribution in [0.4, 0.5) is 5.13 Å². The van der Waals surface area contributed by atoms with Crippen LogP contribution in [-0.4, -0.2) is 38.5 Å². The predicted molar refractivity (Wildman–Crippen MR) is 58.0 cm³/mol. The molecule has 1 aromatic rings. The molecule has 1 unspecified atom stereocenters. The summed E-state index contributed by atoms with van der Waals surface area (Å²) in [6, 6.07) is 0. The summed E-state index contributed by atoms with van der Waals surface area (Å²) in [6.45, 7) is 3.29. The second kappa shape index (κ2) is 5.95. The Morgan fingerprint density at radius 3 is 2.86 bits per heavy atom. The smallest absolute Gasteiger partial charge is 0.182 e. The summed E-state index contributed by atoms with van der Waals surface area (Å²) in [5.74, 6) is 0. The molecule has 1 heterocycles. The Balaban J connectivity index is 2.31. The normalized spacial score (nSPS) is 12.8. The Bertz CT molecular complexity index is 265. The highest BCUT2D eigenvalue weighted by molar-refractivity contribution is 7.13. The third kappa shape index (κ3) is 3.61. The van der Waals surface area contributed by atoms with Crippen LogP contribution >= 0.6 is 11.3 Å². The number of rotatable bonds is 6. The highest BCUT2D eigenvalue weighted by atomic mass is 32.1. The van der Waals surface area contributed by atoms with E-state index in [0.717, 1.165) is 17.4 Å². The topological polar surface area (TPSA) is 43.4 Å². The Labute approximate surface area is 88.3 Å². The van der Waals surface area contributed by atoms with Crippen molar-refractivity contribution in [3.05, 3.63) is 11.1 Å². The van der Waals surface area contributed by atoms with Gasteiger partial charge in [-0.25, -0.2) is 4.98 Å². The number of ether oxygens (including phenoxy) is 2. The van der Waals surface area contributed by atoms with Gasteiger partial charge in [0.2, 0.25) is 0 Å². The van der Waals surface area contributed by atoms with Gasteiger partial charge < -0.3 is 14.8 Å². The molecular weight excluding hydrogens is 200 g/mol. The van der Waals surface area contributed by atoms with E-state index in [1.165, 1.54) is 0 Å². The van der Waals surface area contributed by atoms with Gasteiger partial charge in [0.05, 0.1) is 18.4 Å². The zero-order chi connectivity index (χ0) is 10.4. The maximum absolute atomic E-state index is 5.21. The number of nitrogens with one attached hydrogen (secondary N) is 1. The zero-order valence-corrected chi connectivity index (χ0v) is 9.56. The van der Waals surface area contributed by atoms with Crippen molar-refractivity contribution < 1.29 is 9.47 Å². The molecule has 0 aromatic carbocycles. The summed E-state index contributed by atoms with van der Waals surface area (Å²) in [7, 11) is 3.35. The van der Waals surface area contributed by atoms with Gasteiger partial charge in [-0.1, -0.05) is 0 Å². The van der Waals surface area contributed by atoms with Crippen LogP contribution in [0.5, 0.6) is 0 Å². The van der Waals surface area contributed by atoms with Gasteiger partial charge >= 0.3 is 0 Å². The molecule has 1 aromatic heterocycles. The van der Waals surface area contributed by atoms with Gasteiger partial charge in [-0.15, -0.1) is 11.3 Å². The lowest BCUT2D eigenvalue weighted by molar-refractivity contribution is 0.0365. The summed E-state index contributed by atoms with van der Waals surface area (Å²) in [6.07, 6.45) is 0.0733. The first kappa shape index (κ1) is 11.4. The molecule has 1 rings (SSSR count). The minimum atomic E-state index is 0.0733. The van der Waals surface area contributed by atoms with Crippen molar-refractivity contribution in [2.45, 2.75) is 13.0 Å². The first-order chi connectivity index (χ1) is 6.76. The largest absolute Gasteiger partial charge is 0.382 e. The Kier molecular flexibility index (Phi) is 4.86. The van der Waals surface area contributed by atoms with Crippen molar-refractivity contribution in [3.63, 3.8) is 0 Å². The summed E-state index contributed by atoms with van der Waals surface area (Å²) in [4.78, 5) is 4.29. The first-order valence-corrected chi connectivity index (χ1v) is 5.32. The quantitative estimate of drug-likeness (QED) is 0.783. The van der Waals surface area contributed by atoms with Crippen LogP contribution in [-0.2, 0) is 9.47 Å². The molecule has 0 fully saturated rings. The van der Waals surface area contributed by atoms with E-state index in [0.29, 0.717) is 6.61 Å². The third-order valence-corrected chi connectivity index (χ3v) is 2.70. The molecule has 0 spiro atoms. The molecule has 1 N–H and O–H groups in total. The predicted octanol–water partition coefficient (Wildman–Crippen LogP) is 1.52. The minimum absolute atomic E-state index is 0.0733. The van der Waals surface area contributed by atoms with Gasteiger partial charge in [0.25, 0.3) is 0 Å². The molecule has 0 bridgehead atoms. The fraction of sp³-hybridized carbons (Fsp3) is 0.667. The molecule has 0 aliphatic carbocycles. The van der Waals surface area contributed by atoms with E-state index in [4.69, 9.17) is 9.47 Å². The van der Waals surface area contributed by atoms with Crippen molar-refractivity contribution in [1.82, 2.24) is 4.98 Å². The fourth-order valence-electron chi connectivity index (χ4n) is 1.03. The number of methoxy groups -OCH3 is 2. The van der Waals surface area contributed by atoms with Gasteiger partial charge in [-0.3, -0.25) is 0 Å². The lowest BCUT2D eigenvalue weighted by Crippen LogP contribution is -2.26. The van der Waals surface area contributed by atoms with Crippen molar-refractivity contribution in [2.24, 2.45) is 0 Å². The number of nitrogens with zero attached hydrogens (tertiary/aromatic N) is 1. The summed E-state index contributed by atoms with van der Waals surface area (Å²) < 4.78 is 10.2. The SMILES string of the molecule is COCC(CNc1nc(C)cs1)OC. The Morgan fingerprint density at radius 1 is 1.57 bits per heavy atom. The monoisotopic (exact) mass is 216 g/mol. The number of hydrogen-bond donors (Lipinski definition) is 1. The molecule has 0 radical (unpaired) electrons. The lowest BCUT2D eigenvalue weighted by Gasteiger charge is -2.14. The van der Waals surface area contributed by atoms with E-state index < -0.39 is 0 Å². The molecule has 80 valence electrons.